The van der Waals surface area contributed by atoms with Gasteiger partial charge in [-0.1, -0.05) is 0 Å². The number of carbonyl (C=O) groups is 1. The van der Waals surface area contributed by atoms with E-state index in [-0.39, 0.29) is 5.91 Å². The van der Waals surface area contributed by atoms with E-state index in [9.17, 15) is 4.79 Å². The fourth-order valence-electron chi connectivity index (χ4n) is 4.92. The van der Waals surface area contributed by atoms with E-state index < -0.39 is 0 Å². The van der Waals surface area contributed by atoms with E-state index >= 15 is 0 Å². The van der Waals surface area contributed by atoms with E-state index in [2.05, 4.69) is 29.3 Å². The van der Waals surface area contributed by atoms with Gasteiger partial charge in [-0.25, -0.2) is 0 Å². The minimum absolute atomic E-state index is 0.210. The van der Waals surface area contributed by atoms with Crippen LogP contribution in [0.5, 0.6) is 5.75 Å². The first kappa shape index (κ1) is 21.6. The number of nitrogens with zero attached hydrogens (tertiary/aromatic N) is 3. The van der Waals surface area contributed by atoms with Crippen LogP contribution in [0.25, 0.3) is 0 Å². The maximum atomic E-state index is 11.6. The van der Waals surface area contributed by atoms with Crippen molar-refractivity contribution in [1.29, 1.82) is 0 Å². The Morgan fingerprint density at radius 2 is 1.68 bits per heavy atom. The summed E-state index contributed by atoms with van der Waals surface area (Å²) in [7, 11) is 1.68. The lowest BCUT2D eigenvalue weighted by Crippen LogP contribution is -2.48. The molecule has 31 heavy (non-hydrogen) atoms. The molecule has 0 radical (unpaired) electrons. The Morgan fingerprint density at radius 3 is 2.29 bits per heavy atom. The summed E-state index contributed by atoms with van der Waals surface area (Å²) >= 11 is 0. The van der Waals surface area contributed by atoms with Gasteiger partial charge in [0, 0.05) is 54.7 Å². The van der Waals surface area contributed by atoms with Gasteiger partial charge in [-0.2, -0.15) is 0 Å². The number of aryl methyl sites for hydroxylation is 1. The number of amides is 1. The highest BCUT2D eigenvalue weighted by molar-refractivity contribution is 5.73. The van der Waals surface area contributed by atoms with Crippen molar-refractivity contribution in [1.82, 2.24) is 14.8 Å². The molecule has 0 bridgehead atoms. The molecule has 2 saturated heterocycles. The number of carbonyl (C=O) groups excluding carboxylic acids is 1. The second kappa shape index (κ2) is 9.69. The quantitative estimate of drug-likeness (QED) is 0.777. The number of hydrogen-bond donors (Lipinski definition) is 1. The number of hydrogen-bond acceptors (Lipinski definition) is 5. The number of pyridine rings is 1. The third-order valence-corrected chi connectivity index (χ3v) is 6.73. The molecule has 2 aliphatic heterocycles. The Bertz CT molecular complexity index is 883. The van der Waals surface area contributed by atoms with Gasteiger partial charge < -0.3 is 19.9 Å². The summed E-state index contributed by atoms with van der Waals surface area (Å²) in [6, 6.07) is 12.9. The van der Waals surface area contributed by atoms with Crippen LogP contribution in [0.2, 0.25) is 0 Å². The van der Waals surface area contributed by atoms with Crippen LogP contribution >= 0.6 is 0 Å². The Morgan fingerprint density at radius 1 is 1.00 bits per heavy atom. The van der Waals surface area contributed by atoms with Crippen molar-refractivity contribution >= 4 is 17.3 Å². The molecule has 0 aliphatic carbocycles. The lowest BCUT2D eigenvalue weighted by atomic mass is 9.90. The largest absolute Gasteiger partial charge is 0.497 e. The molecule has 4 rings (SSSR count). The van der Waals surface area contributed by atoms with Crippen LogP contribution in [-0.4, -0.2) is 60.0 Å². The van der Waals surface area contributed by atoms with Gasteiger partial charge in [-0.15, -0.1) is 0 Å². The Kier molecular flexibility index (Phi) is 6.76. The Balaban J connectivity index is 1.35. The smallest absolute Gasteiger partial charge is 0.219 e. The fraction of sp³-hybridized carbons (Fsp3) is 0.520. The summed E-state index contributed by atoms with van der Waals surface area (Å²) in [6.45, 7) is 7.79. The number of benzene rings is 1. The van der Waals surface area contributed by atoms with Crippen LogP contribution in [0.1, 0.15) is 49.9 Å². The van der Waals surface area contributed by atoms with Gasteiger partial charge >= 0.3 is 0 Å². The molecule has 6 heteroatoms. The molecule has 0 saturated carbocycles. The van der Waals surface area contributed by atoms with Crippen LogP contribution in [0.3, 0.4) is 0 Å². The summed E-state index contributed by atoms with van der Waals surface area (Å²) < 4.78 is 5.25. The summed E-state index contributed by atoms with van der Waals surface area (Å²) in [5, 5.41) is 3.51. The minimum atomic E-state index is 0.210. The van der Waals surface area contributed by atoms with E-state index in [0.717, 1.165) is 74.7 Å². The molecule has 2 aromatic rings. The number of likely N-dealkylation sites (tertiary alicyclic amines) is 2. The van der Waals surface area contributed by atoms with E-state index in [1.807, 2.05) is 29.2 Å². The lowest BCUT2D eigenvalue weighted by Gasteiger charge is -2.41. The van der Waals surface area contributed by atoms with Gasteiger partial charge in [0.25, 0.3) is 0 Å². The predicted octanol–water partition coefficient (Wildman–Crippen LogP) is 4.33. The molecule has 0 atom stereocenters. The van der Waals surface area contributed by atoms with Crippen LogP contribution in [0.4, 0.5) is 11.4 Å². The molecule has 1 amide bonds. The molecule has 1 N–H and O–H groups in total. The van der Waals surface area contributed by atoms with Crippen molar-refractivity contribution in [2.75, 3.05) is 38.6 Å². The highest BCUT2D eigenvalue weighted by Crippen LogP contribution is 2.32. The zero-order valence-corrected chi connectivity index (χ0v) is 18.9. The lowest BCUT2D eigenvalue weighted by molar-refractivity contribution is -0.130. The maximum Gasteiger partial charge on any atom is 0.219 e. The molecule has 6 nitrogen and oxygen atoms in total. The van der Waals surface area contributed by atoms with Gasteiger partial charge in [0.05, 0.1) is 7.11 Å². The van der Waals surface area contributed by atoms with E-state index in [1.54, 1.807) is 14.0 Å². The number of methoxy groups -OCH3 is 1. The molecule has 0 unspecified atom stereocenters. The van der Waals surface area contributed by atoms with Crippen molar-refractivity contribution in [2.45, 2.75) is 51.5 Å². The van der Waals surface area contributed by atoms with Crippen molar-refractivity contribution in [2.24, 2.45) is 0 Å². The summed E-state index contributed by atoms with van der Waals surface area (Å²) in [5.41, 5.74) is 4.38. The van der Waals surface area contributed by atoms with Crippen LogP contribution in [0, 0.1) is 6.92 Å². The third kappa shape index (κ3) is 5.37. The minimum Gasteiger partial charge on any atom is -0.497 e. The molecular formula is C25H34N4O2. The number of aromatic nitrogens is 1. The molecule has 166 valence electrons. The van der Waals surface area contributed by atoms with Gasteiger partial charge in [0.15, 0.2) is 0 Å². The first-order valence-corrected chi connectivity index (χ1v) is 11.4. The van der Waals surface area contributed by atoms with Crippen molar-refractivity contribution in [3.05, 3.63) is 47.8 Å². The average molecular weight is 423 g/mol. The summed E-state index contributed by atoms with van der Waals surface area (Å²) in [5.74, 6) is 1.57. The van der Waals surface area contributed by atoms with Gasteiger partial charge in [-0.3, -0.25) is 9.78 Å². The Hall–Kier alpha value is -2.60. The maximum absolute atomic E-state index is 11.6. The molecular weight excluding hydrogens is 388 g/mol. The SMILES string of the molecule is COc1ccc(Nc2cc(C)nc(C3CCN(C4CCN(C(C)=O)CC4)CC3)c2)cc1. The van der Waals surface area contributed by atoms with E-state index in [4.69, 9.17) is 9.72 Å². The monoisotopic (exact) mass is 422 g/mol. The first-order valence-electron chi connectivity index (χ1n) is 11.4. The van der Waals surface area contributed by atoms with Crippen molar-refractivity contribution in [3.8, 4) is 5.75 Å². The number of nitrogens with one attached hydrogen (secondary N) is 1. The van der Waals surface area contributed by atoms with Crippen molar-refractivity contribution in [3.63, 3.8) is 0 Å². The third-order valence-electron chi connectivity index (χ3n) is 6.73. The Labute approximate surface area is 185 Å². The van der Waals surface area contributed by atoms with Crippen LogP contribution in [-0.2, 0) is 4.79 Å². The summed E-state index contributed by atoms with van der Waals surface area (Å²) in [4.78, 5) is 21.1. The normalized spacial score (nSPS) is 18.7. The van der Waals surface area contributed by atoms with Crippen LogP contribution < -0.4 is 10.1 Å². The first-order chi connectivity index (χ1) is 15.0. The second-order valence-electron chi connectivity index (χ2n) is 8.82. The average Bonchev–Trinajstić information content (AvgIpc) is 2.79. The molecule has 3 heterocycles. The number of anilines is 2. The predicted molar refractivity (Wildman–Crippen MR) is 124 cm³/mol. The van der Waals surface area contributed by atoms with Crippen LogP contribution in [0.15, 0.2) is 36.4 Å². The van der Waals surface area contributed by atoms with Gasteiger partial charge in [0.1, 0.15) is 5.75 Å². The molecule has 2 fully saturated rings. The van der Waals surface area contributed by atoms with Gasteiger partial charge in [0.2, 0.25) is 5.91 Å². The number of rotatable bonds is 5. The highest BCUT2D eigenvalue weighted by Gasteiger charge is 2.29. The zero-order valence-electron chi connectivity index (χ0n) is 18.9. The molecule has 2 aliphatic rings. The highest BCUT2D eigenvalue weighted by atomic mass is 16.5. The fourth-order valence-corrected chi connectivity index (χ4v) is 4.92. The summed E-state index contributed by atoms with van der Waals surface area (Å²) in [6.07, 6.45) is 4.49. The topological polar surface area (TPSA) is 57.7 Å². The van der Waals surface area contributed by atoms with E-state index in [1.165, 1.54) is 5.69 Å². The zero-order chi connectivity index (χ0) is 21.8. The molecule has 0 spiro atoms. The second-order valence-corrected chi connectivity index (χ2v) is 8.82. The van der Waals surface area contributed by atoms with E-state index in [0.29, 0.717) is 12.0 Å². The number of ether oxygens (including phenoxy) is 1. The number of piperidine rings is 2. The standard InChI is InChI=1S/C25H34N4O2/c1-18-16-22(27-21-4-6-24(31-3)7-5-21)17-25(26-18)20-8-12-29(13-9-20)23-10-14-28(15-11-23)19(2)30/h4-7,16-17,20,23H,8-15H2,1-3H3,(H,26,27). The molecule has 1 aromatic heterocycles. The molecule has 1 aromatic carbocycles. The van der Waals surface area contributed by atoms with Crippen molar-refractivity contribution < 1.29 is 9.53 Å². The van der Waals surface area contributed by atoms with Gasteiger partial charge in [-0.05, 0) is 82.1 Å².